The largest absolute Gasteiger partial charge is 0.503 e. The molecule has 0 aliphatic rings. The van der Waals surface area contributed by atoms with Crippen LogP contribution in [0.25, 0.3) is 10.9 Å². The number of aromatic nitrogens is 1. The highest BCUT2D eigenvalue weighted by Crippen LogP contribution is 2.19. The average molecular weight is 248 g/mol. The molecule has 1 aromatic heterocycles. The first-order chi connectivity index (χ1) is 8.61. The van der Waals surface area contributed by atoms with E-state index in [0.717, 1.165) is 24.0 Å². The summed E-state index contributed by atoms with van der Waals surface area (Å²) in [6.45, 7) is 8.12. The van der Waals surface area contributed by atoms with Gasteiger partial charge in [-0.2, -0.15) is 0 Å². The summed E-state index contributed by atoms with van der Waals surface area (Å²) < 4.78 is 0. The van der Waals surface area contributed by atoms with Crippen LogP contribution in [-0.4, -0.2) is 23.2 Å². The van der Waals surface area contributed by atoms with Gasteiger partial charge >= 0.3 is 0 Å². The lowest BCUT2D eigenvalue weighted by Crippen LogP contribution is -2.09. The SMILES string of the molecule is CCNCC.Cc1c(O)c(=O)[nH]c2ccccc12. The minimum Gasteiger partial charge on any atom is -0.503 e. The van der Waals surface area contributed by atoms with E-state index < -0.39 is 5.56 Å². The van der Waals surface area contributed by atoms with E-state index in [9.17, 15) is 9.90 Å². The van der Waals surface area contributed by atoms with Crippen LogP contribution in [0.2, 0.25) is 0 Å². The molecule has 3 N–H and O–H groups in total. The maximum Gasteiger partial charge on any atom is 0.290 e. The predicted molar refractivity (Wildman–Crippen MR) is 75.2 cm³/mol. The van der Waals surface area contributed by atoms with Crippen LogP contribution in [0.15, 0.2) is 29.1 Å². The lowest BCUT2D eigenvalue weighted by atomic mass is 10.1. The molecule has 0 aliphatic heterocycles. The summed E-state index contributed by atoms with van der Waals surface area (Å²) in [6.07, 6.45) is 0. The highest BCUT2D eigenvalue weighted by atomic mass is 16.3. The van der Waals surface area contributed by atoms with Gasteiger partial charge in [0, 0.05) is 16.5 Å². The zero-order chi connectivity index (χ0) is 13.5. The molecule has 0 unspecified atom stereocenters. The summed E-state index contributed by atoms with van der Waals surface area (Å²) in [6, 6.07) is 7.38. The average Bonchev–Trinajstić information content (AvgIpc) is 2.38. The van der Waals surface area contributed by atoms with E-state index in [1.165, 1.54) is 0 Å². The number of aromatic hydroxyl groups is 1. The van der Waals surface area contributed by atoms with Crippen LogP contribution in [0.1, 0.15) is 19.4 Å². The van der Waals surface area contributed by atoms with Gasteiger partial charge in [0.05, 0.1) is 0 Å². The van der Waals surface area contributed by atoms with E-state index in [-0.39, 0.29) is 5.75 Å². The molecule has 4 nitrogen and oxygen atoms in total. The molecule has 1 aromatic carbocycles. The van der Waals surface area contributed by atoms with E-state index in [0.29, 0.717) is 5.56 Å². The van der Waals surface area contributed by atoms with Crippen molar-refractivity contribution in [1.82, 2.24) is 10.3 Å². The highest BCUT2D eigenvalue weighted by molar-refractivity contribution is 5.83. The first-order valence-electron chi connectivity index (χ1n) is 6.13. The number of H-pyrrole nitrogens is 1. The normalized spacial score (nSPS) is 9.94. The fraction of sp³-hybridized carbons (Fsp3) is 0.357. The minimum atomic E-state index is -0.434. The van der Waals surface area contributed by atoms with Gasteiger partial charge in [0.15, 0.2) is 5.75 Å². The summed E-state index contributed by atoms with van der Waals surface area (Å²) in [7, 11) is 0. The van der Waals surface area contributed by atoms with Crippen molar-refractivity contribution in [2.45, 2.75) is 20.8 Å². The monoisotopic (exact) mass is 248 g/mol. The van der Waals surface area contributed by atoms with Crippen molar-refractivity contribution in [3.63, 3.8) is 0 Å². The quantitative estimate of drug-likeness (QED) is 0.763. The van der Waals surface area contributed by atoms with Crippen LogP contribution in [0.3, 0.4) is 0 Å². The summed E-state index contributed by atoms with van der Waals surface area (Å²) >= 11 is 0. The molecular weight excluding hydrogens is 228 g/mol. The molecule has 1 heterocycles. The molecule has 0 spiro atoms. The Balaban J connectivity index is 0.000000280. The highest BCUT2D eigenvalue weighted by Gasteiger charge is 2.05. The summed E-state index contributed by atoms with van der Waals surface area (Å²) in [5.74, 6) is -0.196. The molecule has 0 saturated heterocycles. The van der Waals surface area contributed by atoms with Crippen molar-refractivity contribution in [1.29, 1.82) is 0 Å². The third-order valence-corrected chi connectivity index (χ3v) is 2.65. The number of aromatic amines is 1. The Labute approximate surface area is 107 Å². The smallest absolute Gasteiger partial charge is 0.290 e. The molecule has 0 bridgehead atoms. The van der Waals surface area contributed by atoms with E-state index in [4.69, 9.17) is 0 Å². The van der Waals surface area contributed by atoms with Gasteiger partial charge < -0.3 is 15.4 Å². The molecule has 4 heteroatoms. The Hall–Kier alpha value is -1.81. The molecular formula is C14H20N2O2. The Morgan fingerprint density at radius 3 is 2.39 bits per heavy atom. The van der Waals surface area contributed by atoms with Crippen LogP contribution in [0.4, 0.5) is 0 Å². The zero-order valence-electron chi connectivity index (χ0n) is 11.1. The van der Waals surface area contributed by atoms with E-state index in [1.807, 2.05) is 24.3 Å². The van der Waals surface area contributed by atoms with Gasteiger partial charge in [0.25, 0.3) is 5.56 Å². The van der Waals surface area contributed by atoms with E-state index >= 15 is 0 Å². The maximum absolute atomic E-state index is 11.1. The Morgan fingerprint density at radius 1 is 1.22 bits per heavy atom. The second-order valence-corrected chi connectivity index (χ2v) is 3.93. The third kappa shape index (κ3) is 3.34. The topological polar surface area (TPSA) is 65.1 Å². The summed E-state index contributed by atoms with van der Waals surface area (Å²) in [4.78, 5) is 13.7. The number of pyridine rings is 1. The van der Waals surface area contributed by atoms with Gasteiger partial charge in [0.2, 0.25) is 0 Å². The van der Waals surface area contributed by atoms with Crippen molar-refractivity contribution in [3.05, 3.63) is 40.2 Å². The fourth-order valence-electron chi connectivity index (χ4n) is 1.65. The van der Waals surface area contributed by atoms with Crippen molar-refractivity contribution >= 4 is 10.9 Å². The number of benzene rings is 1. The molecule has 0 atom stereocenters. The molecule has 0 radical (unpaired) electrons. The van der Waals surface area contributed by atoms with Gasteiger partial charge in [-0.3, -0.25) is 4.79 Å². The summed E-state index contributed by atoms with van der Waals surface area (Å²) in [5.41, 5.74) is 0.943. The van der Waals surface area contributed by atoms with E-state index in [2.05, 4.69) is 24.1 Å². The predicted octanol–water partition coefficient (Wildman–Crippen LogP) is 2.16. The molecule has 2 aromatic rings. The van der Waals surface area contributed by atoms with Crippen LogP contribution in [0, 0.1) is 6.92 Å². The Bertz CT molecular complexity index is 559. The number of para-hydroxylation sites is 1. The number of nitrogens with one attached hydrogen (secondary N) is 2. The number of rotatable bonds is 2. The Kier molecular flexibility index (Phi) is 5.39. The summed E-state index contributed by atoms with van der Waals surface area (Å²) in [5, 5.41) is 13.3. The standard InChI is InChI=1S/C10H9NO2.C4H11N/c1-6-7-4-2-3-5-8(7)11-10(13)9(6)12;1-3-5-4-2/h2-5,12H,1H3,(H,11,13);5H,3-4H2,1-2H3. The molecule has 0 saturated carbocycles. The molecule has 0 aliphatic carbocycles. The van der Waals surface area contributed by atoms with Crippen LogP contribution in [-0.2, 0) is 0 Å². The first-order valence-corrected chi connectivity index (χ1v) is 6.13. The maximum atomic E-state index is 11.1. The molecule has 18 heavy (non-hydrogen) atoms. The van der Waals surface area contributed by atoms with Gasteiger partial charge in [-0.05, 0) is 26.1 Å². The van der Waals surface area contributed by atoms with Crippen LogP contribution in [0.5, 0.6) is 5.75 Å². The van der Waals surface area contributed by atoms with Crippen molar-refractivity contribution in [3.8, 4) is 5.75 Å². The second-order valence-electron chi connectivity index (χ2n) is 3.93. The molecule has 98 valence electrons. The Morgan fingerprint density at radius 2 is 1.83 bits per heavy atom. The minimum absolute atomic E-state index is 0.196. The molecule has 0 fully saturated rings. The van der Waals surface area contributed by atoms with Crippen molar-refractivity contribution < 1.29 is 5.11 Å². The molecule has 2 rings (SSSR count). The van der Waals surface area contributed by atoms with Gasteiger partial charge in [-0.25, -0.2) is 0 Å². The van der Waals surface area contributed by atoms with Gasteiger partial charge in [0.1, 0.15) is 0 Å². The van der Waals surface area contributed by atoms with E-state index in [1.54, 1.807) is 6.92 Å². The number of fused-ring (bicyclic) bond motifs is 1. The number of aryl methyl sites for hydroxylation is 1. The third-order valence-electron chi connectivity index (χ3n) is 2.65. The fourth-order valence-corrected chi connectivity index (χ4v) is 1.65. The van der Waals surface area contributed by atoms with Gasteiger partial charge in [-0.15, -0.1) is 0 Å². The number of hydrogen-bond acceptors (Lipinski definition) is 3. The van der Waals surface area contributed by atoms with Crippen LogP contribution < -0.4 is 10.9 Å². The lowest BCUT2D eigenvalue weighted by Gasteiger charge is -2.02. The van der Waals surface area contributed by atoms with Crippen LogP contribution >= 0.6 is 0 Å². The first kappa shape index (κ1) is 14.3. The van der Waals surface area contributed by atoms with Crippen molar-refractivity contribution in [2.75, 3.05) is 13.1 Å². The van der Waals surface area contributed by atoms with Crippen molar-refractivity contribution in [2.24, 2.45) is 0 Å². The second kappa shape index (κ2) is 6.81. The molecule has 0 amide bonds. The number of hydrogen-bond donors (Lipinski definition) is 3. The van der Waals surface area contributed by atoms with Gasteiger partial charge in [-0.1, -0.05) is 32.0 Å². The zero-order valence-corrected chi connectivity index (χ0v) is 11.1. The lowest BCUT2D eigenvalue weighted by molar-refractivity contribution is 0.464.